The molecule has 0 spiro atoms. The highest BCUT2D eigenvalue weighted by Gasteiger charge is 2.24. The molecule has 198 valence electrons. The zero-order valence-electron chi connectivity index (χ0n) is 20.9. The summed E-state index contributed by atoms with van der Waals surface area (Å²) in [5, 5.41) is 10.7. The number of benzene rings is 2. The number of anilines is 1. The van der Waals surface area contributed by atoms with Crippen LogP contribution in [0.1, 0.15) is 32.6 Å². The van der Waals surface area contributed by atoms with E-state index in [1.165, 1.54) is 22.7 Å². The van der Waals surface area contributed by atoms with Crippen molar-refractivity contribution in [2.75, 3.05) is 18.5 Å². The zero-order valence-corrected chi connectivity index (χ0v) is 23.3. The maximum absolute atomic E-state index is 12.8. The van der Waals surface area contributed by atoms with Crippen LogP contribution in [-0.4, -0.2) is 40.8 Å². The second-order valence-electron chi connectivity index (χ2n) is 8.34. The summed E-state index contributed by atoms with van der Waals surface area (Å²) in [5.41, 5.74) is 3.16. The van der Waals surface area contributed by atoms with Crippen molar-refractivity contribution in [1.29, 1.82) is 0 Å². The van der Waals surface area contributed by atoms with Crippen LogP contribution >= 0.6 is 34.3 Å². The molecular weight excluding hydrogens is 558 g/mol. The van der Waals surface area contributed by atoms with E-state index in [1.54, 1.807) is 29.1 Å². The topological polar surface area (TPSA) is 99.5 Å². The maximum Gasteiger partial charge on any atom is 0.348 e. The van der Waals surface area contributed by atoms with E-state index in [0.717, 1.165) is 21.5 Å². The Morgan fingerprint density at radius 2 is 1.77 bits per heavy atom. The van der Waals surface area contributed by atoms with Crippen molar-refractivity contribution in [3.8, 4) is 16.8 Å². The number of aromatic nitrogens is 2. The van der Waals surface area contributed by atoms with E-state index in [9.17, 15) is 14.4 Å². The fourth-order valence-corrected chi connectivity index (χ4v) is 6.24. The van der Waals surface area contributed by atoms with Crippen molar-refractivity contribution in [3.63, 3.8) is 0 Å². The van der Waals surface area contributed by atoms with Gasteiger partial charge in [0, 0.05) is 16.3 Å². The van der Waals surface area contributed by atoms with Crippen LogP contribution in [0.25, 0.3) is 27.0 Å². The van der Waals surface area contributed by atoms with Gasteiger partial charge in [0.15, 0.2) is 6.61 Å². The number of hydrogen-bond acceptors (Lipinski definition) is 8. The lowest BCUT2D eigenvalue weighted by Gasteiger charge is -2.09. The number of para-hydroxylation sites is 1. The van der Waals surface area contributed by atoms with Crippen molar-refractivity contribution < 1.29 is 23.9 Å². The standard InChI is InChI=1S/C28H22ClN3O5S2/c1-3-36-28(35)24-19(17-9-5-4-6-10-17)15-38-25(24)30-23(33)14-37-27(34)22-13-18-16(2)31-32(26(18)39-22)21-12-8-7-11-20(21)29/h4-13,15H,3,14H2,1-2H3,(H,30,33). The van der Waals surface area contributed by atoms with Crippen molar-refractivity contribution in [1.82, 2.24) is 9.78 Å². The summed E-state index contributed by atoms with van der Waals surface area (Å²) in [6.07, 6.45) is 0. The van der Waals surface area contributed by atoms with Gasteiger partial charge in [0.05, 0.1) is 23.0 Å². The van der Waals surface area contributed by atoms with Crippen LogP contribution in [-0.2, 0) is 14.3 Å². The molecule has 0 fully saturated rings. The summed E-state index contributed by atoms with van der Waals surface area (Å²) in [6.45, 7) is 3.22. The molecule has 0 aliphatic carbocycles. The molecule has 11 heteroatoms. The number of fused-ring (bicyclic) bond motifs is 1. The van der Waals surface area contributed by atoms with E-state index in [2.05, 4.69) is 10.4 Å². The number of esters is 2. The number of hydrogen-bond donors (Lipinski definition) is 1. The molecule has 5 rings (SSSR count). The molecule has 0 aliphatic heterocycles. The van der Waals surface area contributed by atoms with Crippen LogP contribution in [0.3, 0.4) is 0 Å². The van der Waals surface area contributed by atoms with Crippen molar-refractivity contribution >= 4 is 67.3 Å². The molecular formula is C28H22ClN3O5S2. The molecule has 0 saturated carbocycles. The second-order valence-corrected chi connectivity index (χ2v) is 10.7. The van der Waals surface area contributed by atoms with Gasteiger partial charge < -0.3 is 14.8 Å². The number of aryl methyl sites for hydroxylation is 1. The zero-order chi connectivity index (χ0) is 27.5. The van der Waals surface area contributed by atoms with E-state index in [0.29, 0.717) is 26.2 Å². The molecule has 2 aromatic carbocycles. The molecule has 0 bridgehead atoms. The third kappa shape index (κ3) is 5.44. The van der Waals surface area contributed by atoms with Crippen LogP contribution in [0.4, 0.5) is 5.00 Å². The van der Waals surface area contributed by atoms with Crippen LogP contribution in [0, 0.1) is 6.92 Å². The largest absolute Gasteiger partial charge is 0.462 e. The third-order valence-electron chi connectivity index (χ3n) is 5.77. The first-order valence-corrected chi connectivity index (χ1v) is 14.0. The highest BCUT2D eigenvalue weighted by Crippen LogP contribution is 2.36. The van der Waals surface area contributed by atoms with Gasteiger partial charge in [-0.2, -0.15) is 5.10 Å². The van der Waals surface area contributed by atoms with Gasteiger partial charge in [0.2, 0.25) is 0 Å². The van der Waals surface area contributed by atoms with Crippen LogP contribution in [0.5, 0.6) is 0 Å². The van der Waals surface area contributed by atoms with Crippen LogP contribution in [0.15, 0.2) is 66.0 Å². The highest BCUT2D eigenvalue weighted by atomic mass is 35.5. The van der Waals surface area contributed by atoms with E-state index < -0.39 is 24.5 Å². The Kier molecular flexibility index (Phi) is 7.78. The van der Waals surface area contributed by atoms with Crippen LogP contribution in [0.2, 0.25) is 5.02 Å². The summed E-state index contributed by atoms with van der Waals surface area (Å²) in [4.78, 5) is 39.3. The Labute approximate surface area is 236 Å². The number of carbonyl (C=O) groups is 3. The minimum atomic E-state index is -0.641. The molecule has 3 heterocycles. The molecule has 39 heavy (non-hydrogen) atoms. The lowest BCUT2D eigenvalue weighted by molar-refractivity contribution is -0.119. The normalized spacial score (nSPS) is 10.9. The number of amides is 1. The lowest BCUT2D eigenvalue weighted by Crippen LogP contribution is -2.21. The maximum atomic E-state index is 12.8. The van der Waals surface area contributed by atoms with Gasteiger partial charge in [-0.1, -0.05) is 54.1 Å². The Balaban J connectivity index is 1.31. The first kappa shape index (κ1) is 26.6. The van der Waals surface area contributed by atoms with E-state index in [-0.39, 0.29) is 12.2 Å². The lowest BCUT2D eigenvalue weighted by atomic mass is 10.0. The molecule has 5 aromatic rings. The van der Waals surface area contributed by atoms with E-state index >= 15 is 0 Å². The van der Waals surface area contributed by atoms with E-state index in [1.807, 2.05) is 55.5 Å². The number of rotatable bonds is 8. The minimum absolute atomic E-state index is 0.191. The van der Waals surface area contributed by atoms with Gasteiger partial charge in [-0.05, 0) is 37.6 Å². The molecule has 0 radical (unpaired) electrons. The SMILES string of the molecule is CCOC(=O)c1c(-c2ccccc2)csc1NC(=O)COC(=O)c1cc2c(C)nn(-c3ccccc3Cl)c2s1. The third-order valence-corrected chi connectivity index (χ3v) is 8.07. The summed E-state index contributed by atoms with van der Waals surface area (Å²) in [6, 6.07) is 18.3. The van der Waals surface area contributed by atoms with Crippen molar-refractivity contribution in [2.45, 2.75) is 13.8 Å². The van der Waals surface area contributed by atoms with Gasteiger partial charge >= 0.3 is 11.9 Å². The monoisotopic (exact) mass is 579 g/mol. The first-order valence-electron chi connectivity index (χ1n) is 11.9. The molecule has 0 atom stereocenters. The average molecular weight is 580 g/mol. The fraction of sp³-hybridized carbons (Fsp3) is 0.143. The first-order chi connectivity index (χ1) is 18.9. The van der Waals surface area contributed by atoms with Crippen molar-refractivity contribution in [2.24, 2.45) is 0 Å². The number of nitrogens with zero attached hydrogens (tertiary/aromatic N) is 2. The Bertz CT molecular complexity index is 1690. The Morgan fingerprint density at radius 1 is 1.03 bits per heavy atom. The van der Waals surface area contributed by atoms with Gasteiger partial charge in [0.1, 0.15) is 20.3 Å². The molecule has 0 unspecified atom stereocenters. The molecule has 8 nitrogen and oxygen atoms in total. The number of ether oxygens (including phenoxy) is 2. The number of nitrogens with one attached hydrogen (secondary N) is 1. The predicted molar refractivity (Wildman–Crippen MR) is 153 cm³/mol. The van der Waals surface area contributed by atoms with Crippen molar-refractivity contribution in [3.05, 3.63) is 87.2 Å². The van der Waals surface area contributed by atoms with Gasteiger partial charge in [-0.25, -0.2) is 14.3 Å². The Morgan fingerprint density at radius 3 is 2.51 bits per heavy atom. The summed E-state index contributed by atoms with van der Waals surface area (Å²) >= 11 is 8.75. The van der Waals surface area contributed by atoms with Gasteiger partial charge in [-0.3, -0.25) is 4.79 Å². The summed E-state index contributed by atoms with van der Waals surface area (Å²) in [7, 11) is 0. The average Bonchev–Trinajstić information content (AvgIpc) is 3.63. The van der Waals surface area contributed by atoms with Crippen LogP contribution < -0.4 is 5.32 Å². The van der Waals surface area contributed by atoms with Gasteiger partial charge in [-0.15, -0.1) is 22.7 Å². The highest BCUT2D eigenvalue weighted by molar-refractivity contribution is 7.20. The minimum Gasteiger partial charge on any atom is -0.462 e. The van der Waals surface area contributed by atoms with Gasteiger partial charge in [0.25, 0.3) is 5.91 Å². The summed E-state index contributed by atoms with van der Waals surface area (Å²) in [5.74, 6) is -1.76. The molecule has 3 aromatic heterocycles. The fourth-order valence-electron chi connectivity index (χ4n) is 3.99. The Hall–Kier alpha value is -3.99. The number of carbonyl (C=O) groups excluding carboxylic acids is 3. The molecule has 1 N–H and O–H groups in total. The smallest absolute Gasteiger partial charge is 0.348 e. The second kappa shape index (κ2) is 11.4. The van der Waals surface area contributed by atoms with E-state index in [4.69, 9.17) is 21.1 Å². The molecule has 1 amide bonds. The summed E-state index contributed by atoms with van der Waals surface area (Å²) < 4.78 is 12.2. The molecule has 0 aliphatic rings. The number of halogens is 1. The quantitative estimate of drug-likeness (QED) is 0.204. The molecule has 0 saturated heterocycles. The number of thiophene rings is 2. The predicted octanol–water partition coefficient (Wildman–Crippen LogP) is 6.75.